The van der Waals surface area contributed by atoms with Gasteiger partial charge in [0.2, 0.25) is 0 Å². The highest BCUT2D eigenvalue weighted by molar-refractivity contribution is 7.91. The second kappa shape index (κ2) is 5.83. The summed E-state index contributed by atoms with van der Waals surface area (Å²) < 4.78 is 28.0. The normalized spacial score (nSPS) is 13.0. The van der Waals surface area contributed by atoms with Crippen molar-refractivity contribution in [1.29, 1.82) is 0 Å². The van der Waals surface area contributed by atoms with Gasteiger partial charge in [0, 0.05) is 6.54 Å². The second-order valence-electron chi connectivity index (χ2n) is 3.63. The van der Waals surface area contributed by atoms with Gasteiger partial charge in [0.25, 0.3) is 0 Å². The van der Waals surface area contributed by atoms with Gasteiger partial charge in [-0.2, -0.15) is 0 Å². The lowest BCUT2D eigenvalue weighted by Gasteiger charge is -2.15. The van der Waals surface area contributed by atoms with Crippen LogP contribution < -0.4 is 11.5 Å². The zero-order valence-electron chi connectivity index (χ0n) is 10.00. The summed E-state index contributed by atoms with van der Waals surface area (Å²) in [5, 5.41) is 0. The van der Waals surface area contributed by atoms with Gasteiger partial charge in [-0.05, 0) is 17.7 Å². The number of primary amides is 1. The summed E-state index contributed by atoms with van der Waals surface area (Å²) in [6.07, 6.45) is -1.59. The van der Waals surface area contributed by atoms with Crippen LogP contribution in [0.1, 0.15) is 18.6 Å². The van der Waals surface area contributed by atoms with Crippen LogP contribution in [0.25, 0.3) is 0 Å². The molecule has 1 rings (SSSR count). The van der Waals surface area contributed by atoms with E-state index in [9.17, 15) is 13.2 Å². The number of nitrogens with two attached hydrogens (primary N) is 2. The molecule has 0 saturated heterocycles. The molecule has 0 aliphatic carbocycles. The minimum Gasteiger partial charge on any atom is -0.440 e. The van der Waals surface area contributed by atoms with Crippen molar-refractivity contribution in [2.45, 2.75) is 17.9 Å². The fourth-order valence-corrected chi connectivity index (χ4v) is 2.33. The molecule has 0 unspecified atom stereocenters. The lowest BCUT2D eigenvalue weighted by molar-refractivity contribution is 0.111. The minimum atomic E-state index is -3.23. The molecule has 0 aliphatic rings. The van der Waals surface area contributed by atoms with Crippen molar-refractivity contribution in [3.63, 3.8) is 0 Å². The van der Waals surface area contributed by atoms with E-state index in [1.54, 1.807) is 19.1 Å². The zero-order valence-corrected chi connectivity index (χ0v) is 10.8. The number of ether oxygens (including phenoxy) is 1. The highest BCUT2D eigenvalue weighted by atomic mass is 32.2. The first kappa shape index (κ1) is 14.5. The Balaban J connectivity index is 2.98. The fraction of sp³-hybridized carbons (Fsp3) is 0.364. The number of amides is 1. The first-order valence-electron chi connectivity index (χ1n) is 5.39. The van der Waals surface area contributed by atoms with E-state index in [1.165, 1.54) is 12.1 Å². The molecule has 1 aromatic rings. The first-order valence-corrected chi connectivity index (χ1v) is 7.04. The van der Waals surface area contributed by atoms with Crippen LogP contribution >= 0.6 is 0 Å². The van der Waals surface area contributed by atoms with Crippen molar-refractivity contribution >= 4 is 15.9 Å². The molecule has 7 heteroatoms. The largest absolute Gasteiger partial charge is 0.440 e. The molecule has 1 atom stereocenters. The molecule has 0 heterocycles. The van der Waals surface area contributed by atoms with Crippen molar-refractivity contribution in [2.24, 2.45) is 11.5 Å². The van der Waals surface area contributed by atoms with E-state index in [0.29, 0.717) is 5.56 Å². The van der Waals surface area contributed by atoms with Crippen LogP contribution in [0, 0.1) is 0 Å². The van der Waals surface area contributed by atoms with Gasteiger partial charge < -0.3 is 16.2 Å². The number of benzene rings is 1. The predicted molar refractivity (Wildman–Crippen MR) is 66.6 cm³/mol. The lowest BCUT2D eigenvalue weighted by Crippen LogP contribution is -2.23. The highest BCUT2D eigenvalue weighted by Gasteiger charge is 2.15. The summed E-state index contributed by atoms with van der Waals surface area (Å²) in [6.45, 7) is 1.64. The van der Waals surface area contributed by atoms with Crippen molar-refractivity contribution in [2.75, 3.05) is 12.3 Å². The molecule has 6 nitrogen and oxygen atoms in total. The Hall–Kier alpha value is -1.60. The molecule has 0 spiro atoms. The average Bonchev–Trinajstić information content (AvgIpc) is 2.36. The monoisotopic (exact) mass is 272 g/mol. The van der Waals surface area contributed by atoms with Gasteiger partial charge in [0.05, 0.1) is 10.6 Å². The maximum atomic E-state index is 11.6. The van der Waals surface area contributed by atoms with E-state index in [-0.39, 0.29) is 17.2 Å². The maximum Gasteiger partial charge on any atom is 0.405 e. The Morgan fingerprint density at radius 1 is 1.33 bits per heavy atom. The predicted octanol–water partition coefficient (Wildman–Crippen LogP) is 0.575. The SMILES string of the molecule is CCS(=O)(=O)c1ccc([C@H](CN)OC(N)=O)cc1. The van der Waals surface area contributed by atoms with Gasteiger partial charge in [-0.1, -0.05) is 19.1 Å². The van der Waals surface area contributed by atoms with Gasteiger partial charge in [-0.15, -0.1) is 0 Å². The van der Waals surface area contributed by atoms with Crippen LogP contribution in [0.2, 0.25) is 0 Å². The number of sulfone groups is 1. The van der Waals surface area contributed by atoms with E-state index < -0.39 is 22.0 Å². The van der Waals surface area contributed by atoms with Crippen molar-refractivity contribution in [1.82, 2.24) is 0 Å². The molecule has 0 fully saturated rings. The summed E-state index contributed by atoms with van der Waals surface area (Å²) in [5.74, 6) is 0.0322. The number of rotatable bonds is 5. The van der Waals surface area contributed by atoms with E-state index in [2.05, 4.69) is 0 Å². The molecule has 100 valence electrons. The van der Waals surface area contributed by atoms with Crippen LogP contribution in [0.3, 0.4) is 0 Å². The van der Waals surface area contributed by atoms with Crippen molar-refractivity contribution < 1.29 is 17.9 Å². The van der Waals surface area contributed by atoms with Gasteiger partial charge in [0.1, 0.15) is 6.10 Å². The Labute approximate surface area is 106 Å². The van der Waals surface area contributed by atoms with E-state index in [1.807, 2.05) is 0 Å². The summed E-state index contributed by atoms with van der Waals surface area (Å²) >= 11 is 0. The van der Waals surface area contributed by atoms with Gasteiger partial charge in [-0.3, -0.25) is 0 Å². The quantitative estimate of drug-likeness (QED) is 0.813. The van der Waals surface area contributed by atoms with Crippen LogP contribution in [-0.2, 0) is 14.6 Å². The van der Waals surface area contributed by atoms with Crippen LogP contribution in [-0.4, -0.2) is 26.8 Å². The second-order valence-corrected chi connectivity index (χ2v) is 5.91. The van der Waals surface area contributed by atoms with Crippen LogP contribution in [0.15, 0.2) is 29.2 Å². The molecular formula is C11H16N2O4S. The molecule has 4 N–H and O–H groups in total. The molecule has 18 heavy (non-hydrogen) atoms. The van der Waals surface area contributed by atoms with E-state index in [0.717, 1.165) is 0 Å². The Morgan fingerprint density at radius 3 is 2.28 bits per heavy atom. The van der Waals surface area contributed by atoms with Gasteiger partial charge in [-0.25, -0.2) is 13.2 Å². The molecular weight excluding hydrogens is 256 g/mol. The van der Waals surface area contributed by atoms with E-state index in [4.69, 9.17) is 16.2 Å². The number of hydrogen-bond acceptors (Lipinski definition) is 5. The Morgan fingerprint density at radius 2 is 1.89 bits per heavy atom. The smallest absolute Gasteiger partial charge is 0.405 e. The lowest BCUT2D eigenvalue weighted by atomic mass is 10.1. The first-order chi connectivity index (χ1) is 8.40. The molecule has 0 aliphatic heterocycles. The summed E-state index contributed by atoms with van der Waals surface area (Å²) in [7, 11) is -3.23. The highest BCUT2D eigenvalue weighted by Crippen LogP contribution is 2.19. The zero-order chi connectivity index (χ0) is 13.8. The Bertz CT molecular complexity index is 510. The molecule has 0 bridgehead atoms. The third-order valence-corrected chi connectivity index (χ3v) is 4.21. The standard InChI is InChI=1S/C11H16N2O4S/c1-2-18(15,16)9-5-3-8(4-6-9)10(7-12)17-11(13)14/h3-6,10H,2,7,12H2,1H3,(H2,13,14)/t10-/m0/s1. The minimum absolute atomic E-state index is 0.0322. The fourth-order valence-electron chi connectivity index (χ4n) is 1.45. The molecule has 0 radical (unpaired) electrons. The molecule has 0 aromatic heterocycles. The third-order valence-electron chi connectivity index (χ3n) is 2.46. The third kappa shape index (κ3) is 3.44. The van der Waals surface area contributed by atoms with Crippen molar-refractivity contribution in [3.8, 4) is 0 Å². The van der Waals surface area contributed by atoms with Gasteiger partial charge >= 0.3 is 6.09 Å². The summed E-state index contributed by atoms with van der Waals surface area (Å²) in [4.78, 5) is 10.9. The van der Waals surface area contributed by atoms with E-state index >= 15 is 0 Å². The average molecular weight is 272 g/mol. The molecule has 0 saturated carbocycles. The van der Waals surface area contributed by atoms with Crippen LogP contribution in [0.5, 0.6) is 0 Å². The summed E-state index contributed by atoms with van der Waals surface area (Å²) in [6, 6.07) is 6.04. The molecule has 1 aromatic carbocycles. The summed E-state index contributed by atoms with van der Waals surface area (Å²) in [5.41, 5.74) is 11.0. The van der Waals surface area contributed by atoms with Crippen molar-refractivity contribution in [3.05, 3.63) is 29.8 Å². The number of hydrogen-bond donors (Lipinski definition) is 2. The van der Waals surface area contributed by atoms with Gasteiger partial charge in [0.15, 0.2) is 9.84 Å². The molecule has 1 amide bonds. The maximum absolute atomic E-state index is 11.6. The topological polar surface area (TPSA) is 112 Å². The number of carbonyl (C=O) groups is 1. The Kier molecular flexibility index (Phi) is 4.69. The number of carbonyl (C=O) groups excluding carboxylic acids is 1. The van der Waals surface area contributed by atoms with Crippen LogP contribution in [0.4, 0.5) is 4.79 Å².